The molecule has 144 valence electrons. The Morgan fingerprint density at radius 3 is 2.63 bits per heavy atom. The molecule has 7 nitrogen and oxygen atoms in total. The van der Waals surface area contributed by atoms with Gasteiger partial charge < -0.3 is 14.9 Å². The maximum atomic E-state index is 12.4. The monoisotopic (exact) mass is 411 g/mol. The highest BCUT2D eigenvalue weighted by Gasteiger charge is 2.26. The highest BCUT2D eigenvalue weighted by Crippen LogP contribution is 2.35. The predicted octanol–water partition coefficient (Wildman–Crippen LogP) is 2.30. The van der Waals surface area contributed by atoms with Crippen molar-refractivity contribution < 1.29 is 28.2 Å². The molecule has 0 bridgehead atoms. The number of benzene rings is 2. The summed E-state index contributed by atoms with van der Waals surface area (Å²) >= 11 is 5.79. The zero-order chi connectivity index (χ0) is 19.6. The summed E-state index contributed by atoms with van der Waals surface area (Å²) in [6.45, 7) is 0.537. The summed E-state index contributed by atoms with van der Waals surface area (Å²) in [5, 5.41) is 19.0. The molecule has 0 saturated heterocycles. The zero-order valence-electron chi connectivity index (χ0n) is 14.1. The van der Waals surface area contributed by atoms with Crippen molar-refractivity contribution in [3.63, 3.8) is 0 Å². The molecule has 0 amide bonds. The molecule has 0 aliphatic carbocycles. The van der Waals surface area contributed by atoms with Gasteiger partial charge in [0.15, 0.2) is 6.10 Å². The van der Waals surface area contributed by atoms with Crippen molar-refractivity contribution in [1.29, 1.82) is 0 Å². The quantitative estimate of drug-likeness (QED) is 0.672. The van der Waals surface area contributed by atoms with Gasteiger partial charge in [0.25, 0.3) is 0 Å². The third-order valence-corrected chi connectivity index (χ3v) is 6.09. The van der Waals surface area contributed by atoms with Crippen LogP contribution in [-0.2, 0) is 14.8 Å². The standard InChI is InChI=1S/C18H18ClNO6S/c19-13-2-4-14(5-3-13)27(24,25)20-10-12-7-8-26-16-9-11(1-6-15(12)16)17(21)18(22)23/h1-6,9,12,17,20-21H,7-8,10H2,(H,22,23). The van der Waals surface area contributed by atoms with Crippen molar-refractivity contribution in [3.05, 3.63) is 58.6 Å². The Morgan fingerprint density at radius 1 is 1.26 bits per heavy atom. The first-order valence-corrected chi connectivity index (χ1v) is 10.1. The number of halogens is 1. The van der Waals surface area contributed by atoms with E-state index >= 15 is 0 Å². The molecule has 0 saturated carbocycles. The molecule has 0 spiro atoms. The van der Waals surface area contributed by atoms with Crippen LogP contribution in [0.4, 0.5) is 0 Å². The van der Waals surface area contributed by atoms with Crippen molar-refractivity contribution in [2.75, 3.05) is 13.2 Å². The summed E-state index contributed by atoms with van der Waals surface area (Å²) in [6.07, 6.45) is -1.03. The van der Waals surface area contributed by atoms with E-state index in [9.17, 15) is 18.3 Å². The van der Waals surface area contributed by atoms with Gasteiger partial charge in [0, 0.05) is 17.5 Å². The number of carboxylic acids is 1. The van der Waals surface area contributed by atoms with E-state index in [4.69, 9.17) is 21.4 Å². The van der Waals surface area contributed by atoms with Gasteiger partial charge in [0.05, 0.1) is 11.5 Å². The van der Waals surface area contributed by atoms with E-state index in [0.717, 1.165) is 5.56 Å². The van der Waals surface area contributed by atoms with E-state index in [2.05, 4.69) is 4.72 Å². The topological polar surface area (TPSA) is 113 Å². The van der Waals surface area contributed by atoms with Crippen LogP contribution in [0.2, 0.25) is 5.02 Å². The number of ether oxygens (including phenoxy) is 1. The first-order chi connectivity index (χ1) is 12.8. The zero-order valence-corrected chi connectivity index (χ0v) is 15.7. The van der Waals surface area contributed by atoms with Gasteiger partial charge in [-0.2, -0.15) is 0 Å². The number of rotatable bonds is 6. The molecule has 0 fully saturated rings. The number of carboxylic acid groups (broad SMARTS) is 1. The van der Waals surface area contributed by atoms with Crippen LogP contribution in [-0.4, -0.2) is 37.8 Å². The second kappa shape index (κ2) is 7.85. The molecule has 1 heterocycles. The highest BCUT2D eigenvalue weighted by atomic mass is 35.5. The Hall–Kier alpha value is -2.13. The van der Waals surface area contributed by atoms with Gasteiger partial charge >= 0.3 is 5.97 Å². The number of aliphatic hydroxyl groups excluding tert-OH is 1. The van der Waals surface area contributed by atoms with E-state index in [0.29, 0.717) is 23.8 Å². The van der Waals surface area contributed by atoms with Crippen LogP contribution in [0.5, 0.6) is 5.75 Å². The molecular formula is C18H18ClNO6S. The lowest BCUT2D eigenvalue weighted by Crippen LogP contribution is -2.31. The second-order valence-electron chi connectivity index (χ2n) is 6.18. The van der Waals surface area contributed by atoms with Crippen LogP contribution in [0.1, 0.15) is 29.6 Å². The fourth-order valence-electron chi connectivity index (χ4n) is 2.91. The van der Waals surface area contributed by atoms with E-state index in [1.54, 1.807) is 6.07 Å². The number of aliphatic hydroxyl groups is 1. The van der Waals surface area contributed by atoms with Crippen LogP contribution in [0, 0.1) is 0 Å². The molecule has 2 aromatic rings. The summed E-state index contributed by atoms with van der Waals surface area (Å²) in [4.78, 5) is 11.0. The van der Waals surface area contributed by atoms with Gasteiger partial charge in [-0.05, 0) is 47.9 Å². The Balaban J connectivity index is 1.76. The minimum Gasteiger partial charge on any atom is -0.493 e. The van der Waals surface area contributed by atoms with Crippen LogP contribution in [0.25, 0.3) is 0 Å². The molecule has 3 N–H and O–H groups in total. The average molecular weight is 412 g/mol. The number of hydrogen-bond donors (Lipinski definition) is 3. The maximum absolute atomic E-state index is 12.4. The lowest BCUT2D eigenvalue weighted by atomic mass is 9.91. The molecule has 0 radical (unpaired) electrons. The second-order valence-corrected chi connectivity index (χ2v) is 8.38. The Labute approximate surface area is 161 Å². The lowest BCUT2D eigenvalue weighted by molar-refractivity contribution is -0.146. The Bertz CT molecular complexity index is 945. The third-order valence-electron chi connectivity index (χ3n) is 4.39. The van der Waals surface area contributed by atoms with Crippen molar-refractivity contribution in [3.8, 4) is 5.75 Å². The minimum absolute atomic E-state index is 0.124. The molecule has 2 aromatic carbocycles. The van der Waals surface area contributed by atoms with Crippen molar-refractivity contribution in [2.45, 2.75) is 23.3 Å². The van der Waals surface area contributed by atoms with Crippen molar-refractivity contribution in [1.82, 2.24) is 4.72 Å². The SMILES string of the molecule is O=C(O)C(O)c1ccc2c(c1)OCCC2CNS(=O)(=O)c1ccc(Cl)cc1. The van der Waals surface area contributed by atoms with Crippen LogP contribution in [0.15, 0.2) is 47.4 Å². The first-order valence-electron chi connectivity index (χ1n) is 8.20. The summed E-state index contributed by atoms with van der Waals surface area (Å²) in [7, 11) is -3.68. The van der Waals surface area contributed by atoms with E-state index in [1.165, 1.54) is 36.4 Å². The number of hydrogen-bond acceptors (Lipinski definition) is 5. The number of sulfonamides is 1. The third kappa shape index (κ3) is 4.41. The molecule has 2 unspecified atom stereocenters. The molecule has 9 heteroatoms. The van der Waals surface area contributed by atoms with E-state index in [-0.39, 0.29) is 22.9 Å². The van der Waals surface area contributed by atoms with Gasteiger partial charge in [0.2, 0.25) is 10.0 Å². The summed E-state index contributed by atoms with van der Waals surface area (Å²) < 4.78 is 33.0. The van der Waals surface area contributed by atoms with E-state index < -0.39 is 22.1 Å². The fraction of sp³-hybridized carbons (Fsp3) is 0.278. The molecule has 27 heavy (non-hydrogen) atoms. The first kappa shape index (κ1) is 19.6. The van der Waals surface area contributed by atoms with Crippen LogP contribution < -0.4 is 9.46 Å². The Kier molecular flexibility index (Phi) is 5.71. The fourth-order valence-corrected chi connectivity index (χ4v) is 4.12. The van der Waals surface area contributed by atoms with Gasteiger partial charge in [-0.3, -0.25) is 0 Å². The number of carbonyl (C=O) groups is 1. The largest absolute Gasteiger partial charge is 0.493 e. The van der Waals surface area contributed by atoms with Crippen LogP contribution in [0.3, 0.4) is 0 Å². The molecule has 1 aliphatic rings. The average Bonchev–Trinajstić information content (AvgIpc) is 2.65. The normalized spacial score (nSPS) is 17.6. The Morgan fingerprint density at radius 2 is 1.96 bits per heavy atom. The molecule has 1 aliphatic heterocycles. The van der Waals surface area contributed by atoms with Crippen molar-refractivity contribution in [2.24, 2.45) is 0 Å². The molecule has 2 atom stereocenters. The van der Waals surface area contributed by atoms with Crippen molar-refractivity contribution >= 4 is 27.6 Å². The van der Waals surface area contributed by atoms with Crippen LogP contribution >= 0.6 is 11.6 Å². The molecular weight excluding hydrogens is 394 g/mol. The van der Waals surface area contributed by atoms with Gasteiger partial charge in [0.1, 0.15) is 5.75 Å². The summed E-state index contributed by atoms with van der Waals surface area (Å²) in [6, 6.07) is 10.5. The number of aliphatic carboxylic acids is 1. The predicted molar refractivity (Wildman–Crippen MR) is 98.5 cm³/mol. The lowest BCUT2D eigenvalue weighted by Gasteiger charge is -2.27. The van der Waals surface area contributed by atoms with Gasteiger partial charge in [-0.1, -0.05) is 23.7 Å². The van der Waals surface area contributed by atoms with Gasteiger partial charge in [-0.15, -0.1) is 0 Å². The number of nitrogens with one attached hydrogen (secondary N) is 1. The minimum atomic E-state index is -3.68. The molecule has 3 rings (SSSR count). The van der Waals surface area contributed by atoms with E-state index in [1.807, 2.05) is 0 Å². The van der Waals surface area contributed by atoms with Gasteiger partial charge in [-0.25, -0.2) is 17.9 Å². The molecule has 0 aromatic heterocycles. The highest BCUT2D eigenvalue weighted by molar-refractivity contribution is 7.89. The summed E-state index contributed by atoms with van der Waals surface area (Å²) in [5.41, 5.74) is 0.977. The number of fused-ring (bicyclic) bond motifs is 1. The maximum Gasteiger partial charge on any atom is 0.337 e. The smallest absolute Gasteiger partial charge is 0.337 e. The summed E-state index contributed by atoms with van der Waals surface area (Å²) in [5.74, 6) is -1.03.